The van der Waals surface area contributed by atoms with Gasteiger partial charge in [-0.15, -0.1) is 11.3 Å². The van der Waals surface area contributed by atoms with Crippen LogP contribution in [0, 0.1) is 0 Å². The standard InChI is InChI=1S/C55H40BN2OS/c1-54(2,3)30-18-20-31(21-19-30)57-45-28-43-37(32-12-6-9-15-42(32)55(43,4)5)24-38(45)35-22-23-36-39-27-49-40(33-13-7-10-16-48(33)59-49)26-46(39)58-47-29-51-41(25-44(47)56-52(35)53(36)58)34-14-8-11-17-50(34)60-51/h6-29,57H,1-5H3. The third kappa shape index (κ3) is 4.67. The van der Waals surface area contributed by atoms with Crippen molar-refractivity contribution >= 4 is 105 Å². The molecule has 0 fully saturated rings. The number of rotatable bonds is 3. The normalized spacial score (nSPS) is 14.0. The quantitative estimate of drug-likeness (QED) is 0.181. The number of fused-ring (bicyclic) bond motifs is 14. The fourth-order valence-corrected chi connectivity index (χ4v) is 11.6. The van der Waals surface area contributed by atoms with E-state index in [0.717, 1.165) is 33.3 Å². The molecule has 0 saturated carbocycles. The second kappa shape index (κ2) is 11.8. The molecular weight excluding hydrogens is 747 g/mol. The van der Waals surface area contributed by atoms with Crippen molar-refractivity contribution in [3.8, 4) is 27.9 Å². The third-order valence-corrected chi connectivity index (χ3v) is 14.7. The highest BCUT2D eigenvalue weighted by Crippen LogP contribution is 2.52. The van der Waals surface area contributed by atoms with Crippen LogP contribution in [0.1, 0.15) is 51.3 Å². The smallest absolute Gasteiger partial charge is 0.197 e. The molecule has 1 aliphatic heterocycles. The number of para-hydroxylation sites is 1. The van der Waals surface area contributed by atoms with Crippen LogP contribution in [0.15, 0.2) is 150 Å². The zero-order valence-corrected chi connectivity index (χ0v) is 35.0. The van der Waals surface area contributed by atoms with Crippen LogP contribution < -0.4 is 16.2 Å². The topological polar surface area (TPSA) is 30.1 Å². The Balaban J connectivity index is 1.11. The van der Waals surface area contributed by atoms with Crippen LogP contribution in [0.4, 0.5) is 11.4 Å². The van der Waals surface area contributed by atoms with E-state index in [4.69, 9.17) is 4.42 Å². The highest BCUT2D eigenvalue weighted by atomic mass is 32.1. The highest BCUT2D eigenvalue weighted by molar-refractivity contribution is 7.25. The molecule has 285 valence electrons. The Kier molecular flexibility index (Phi) is 6.75. The summed E-state index contributed by atoms with van der Waals surface area (Å²) in [6.07, 6.45) is 0. The summed E-state index contributed by atoms with van der Waals surface area (Å²) in [4.78, 5) is 0. The molecule has 3 nitrogen and oxygen atoms in total. The van der Waals surface area contributed by atoms with Gasteiger partial charge in [0.15, 0.2) is 7.28 Å². The SMILES string of the molecule is CC(C)(C)c1ccc(Nc2cc3c(cc2-c2ccc4c5cc6oc7ccccc7c6cc5n5c4c2[B]c2cc4c(cc2-5)sc2ccccc24)-c2ccccc2C3(C)C)cc1. The van der Waals surface area contributed by atoms with Gasteiger partial charge in [0.05, 0.1) is 5.52 Å². The average molecular weight is 788 g/mol. The van der Waals surface area contributed by atoms with E-state index in [1.165, 1.54) is 97.5 Å². The van der Waals surface area contributed by atoms with Crippen LogP contribution in [-0.4, -0.2) is 11.8 Å². The van der Waals surface area contributed by atoms with Crippen LogP contribution >= 0.6 is 11.3 Å². The average Bonchev–Trinajstić information content (AvgIpc) is 3.96. The van der Waals surface area contributed by atoms with Crippen molar-refractivity contribution < 1.29 is 4.42 Å². The monoisotopic (exact) mass is 787 g/mol. The maximum absolute atomic E-state index is 6.51. The van der Waals surface area contributed by atoms with Gasteiger partial charge in [0.2, 0.25) is 0 Å². The van der Waals surface area contributed by atoms with Gasteiger partial charge in [0.1, 0.15) is 11.2 Å². The summed E-state index contributed by atoms with van der Waals surface area (Å²) < 4.78 is 11.7. The Labute approximate surface area is 353 Å². The third-order valence-electron chi connectivity index (χ3n) is 13.6. The second-order valence-corrected chi connectivity index (χ2v) is 19.5. The van der Waals surface area contributed by atoms with Crippen LogP contribution in [-0.2, 0) is 10.8 Å². The lowest BCUT2D eigenvalue weighted by molar-refractivity contribution is 0.590. The Morgan fingerprint density at radius 3 is 2.22 bits per heavy atom. The summed E-state index contributed by atoms with van der Waals surface area (Å²) in [6.45, 7) is 11.6. The molecule has 0 amide bonds. The Hall–Kier alpha value is -6.56. The molecule has 4 heterocycles. The first kappa shape index (κ1) is 34.3. The molecule has 0 saturated heterocycles. The maximum Gasteiger partial charge on any atom is 0.197 e. The van der Waals surface area contributed by atoms with E-state index < -0.39 is 0 Å². The van der Waals surface area contributed by atoms with E-state index in [0.29, 0.717) is 0 Å². The molecule has 0 spiro atoms. The fourth-order valence-electron chi connectivity index (χ4n) is 10.5. The number of aromatic nitrogens is 1. The van der Waals surface area contributed by atoms with Crippen LogP contribution in [0.3, 0.4) is 0 Å². The van der Waals surface area contributed by atoms with Gasteiger partial charge in [-0.2, -0.15) is 0 Å². The number of thiophene rings is 1. The summed E-state index contributed by atoms with van der Waals surface area (Å²) >= 11 is 1.88. The molecule has 2 aliphatic rings. The predicted molar refractivity (Wildman–Crippen MR) is 257 cm³/mol. The van der Waals surface area contributed by atoms with Gasteiger partial charge in [-0.05, 0) is 104 Å². The van der Waals surface area contributed by atoms with Crippen LogP contribution in [0.5, 0.6) is 0 Å². The molecular formula is C55H40BN2OS. The Bertz CT molecular complexity index is 3670. The van der Waals surface area contributed by atoms with Crippen LogP contribution in [0.25, 0.3) is 91.9 Å². The van der Waals surface area contributed by atoms with Gasteiger partial charge < -0.3 is 14.3 Å². The minimum Gasteiger partial charge on any atom is -0.456 e. The number of nitrogens with one attached hydrogen (secondary N) is 1. The molecule has 5 heteroatoms. The lowest BCUT2D eigenvalue weighted by atomic mass is 9.59. The van der Waals surface area contributed by atoms with Crippen molar-refractivity contribution in [2.45, 2.75) is 45.4 Å². The molecule has 0 unspecified atom stereocenters. The number of anilines is 2. The Morgan fingerprint density at radius 1 is 0.583 bits per heavy atom. The lowest BCUT2D eigenvalue weighted by Crippen LogP contribution is -2.37. The number of hydrogen-bond donors (Lipinski definition) is 1. The van der Waals surface area contributed by atoms with Gasteiger partial charge >= 0.3 is 0 Å². The fraction of sp³-hybridized carbons (Fsp3) is 0.127. The molecule has 1 radical (unpaired) electrons. The first-order valence-corrected chi connectivity index (χ1v) is 21.8. The summed E-state index contributed by atoms with van der Waals surface area (Å²) in [5.41, 5.74) is 19.1. The number of nitrogens with zero attached hydrogens (tertiary/aromatic N) is 1. The molecule has 11 aromatic rings. The lowest BCUT2D eigenvalue weighted by Gasteiger charge is -2.26. The molecule has 8 aromatic carbocycles. The van der Waals surface area contributed by atoms with Crippen molar-refractivity contribution in [1.82, 2.24) is 4.57 Å². The van der Waals surface area contributed by atoms with Crippen LogP contribution in [0.2, 0.25) is 0 Å². The first-order valence-electron chi connectivity index (χ1n) is 21.0. The van der Waals surface area contributed by atoms with Crippen molar-refractivity contribution in [3.63, 3.8) is 0 Å². The van der Waals surface area contributed by atoms with E-state index in [1.54, 1.807) is 0 Å². The maximum atomic E-state index is 6.51. The minimum absolute atomic E-state index is 0.0757. The van der Waals surface area contributed by atoms with Gasteiger partial charge in [-0.3, -0.25) is 0 Å². The molecule has 0 atom stereocenters. The van der Waals surface area contributed by atoms with Crippen molar-refractivity contribution in [2.75, 3.05) is 5.32 Å². The van der Waals surface area contributed by atoms with Gasteiger partial charge in [-0.25, -0.2) is 0 Å². The number of hydrogen-bond acceptors (Lipinski definition) is 3. The summed E-state index contributed by atoms with van der Waals surface area (Å²) in [7, 11) is 2.46. The second-order valence-electron chi connectivity index (χ2n) is 18.4. The van der Waals surface area contributed by atoms with Gasteiger partial charge in [-0.1, -0.05) is 131 Å². The van der Waals surface area contributed by atoms with Crippen molar-refractivity contribution in [3.05, 3.63) is 162 Å². The minimum atomic E-state index is -0.136. The molecule has 1 N–H and O–H groups in total. The first-order chi connectivity index (χ1) is 29.1. The molecule has 60 heavy (non-hydrogen) atoms. The van der Waals surface area contributed by atoms with Crippen molar-refractivity contribution in [1.29, 1.82) is 0 Å². The molecule has 3 aromatic heterocycles. The highest BCUT2D eigenvalue weighted by Gasteiger charge is 2.37. The molecule has 1 aliphatic carbocycles. The van der Waals surface area contributed by atoms with E-state index in [9.17, 15) is 0 Å². The van der Waals surface area contributed by atoms with E-state index in [1.807, 2.05) is 11.3 Å². The summed E-state index contributed by atoms with van der Waals surface area (Å²) in [5.74, 6) is 0. The largest absolute Gasteiger partial charge is 0.456 e. The Morgan fingerprint density at radius 2 is 1.37 bits per heavy atom. The predicted octanol–water partition coefficient (Wildman–Crippen LogP) is 14.0. The molecule has 13 rings (SSSR count). The van der Waals surface area contributed by atoms with Gasteiger partial charge in [0, 0.05) is 69.9 Å². The van der Waals surface area contributed by atoms with Gasteiger partial charge in [0.25, 0.3) is 0 Å². The van der Waals surface area contributed by atoms with E-state index in [-0.39, 0.29) is 10.8 Å². The van der Waals surface area contributed by atoms with E-state index >= 15 is 0 Å². The summed E-state index contributed by atoms with van der Waals surface area (Å²) in [6, 6.07) is 54.3. The van der Waals surface area contributed by atoms with E-state index in [2.05, 4.69) is 197 Å². The summed E-state index contributed by atoms with van der Waals surface area (Å²) in [5, 5.41) is 11.3. The van der Waals surface area contributed by atoms with Crippen molar-refractivity contribution in [2.24, 2.45) is 0 Å². The zero-order chi connectivity index (χ0) is 40.2. The zero-order valence-electron chi connectivity index (χ0n) is 34.2. The number of benzene rings is 8. The molecule has 0 bridgehead atoms. The number of furan rings is 1.